The maximum Gasteiger partial charge on any atom is 0.446 e. The number of alkyl halides is 6. The van der Waals surface area contributed by atoms with Crippen LogP contribution in [0.1, 0.15) is 25.0 Å². The van der Waals surface area contributed by atoms with Crippen molar-refractivity contribution in [2.45, 2.75) is 47.5 Å². The van der Waals surface area contributed by atoms with Gasteiger partial charge in [-0.1, -0.05) is 44.2 Å². The lowest BCUT2D eigenvalue weighted by molar-refractivity contribution is -0.0346. The highest BCUT2D eigenvalue weighted by molar-refractivity contribution is 8.03. The van der Waals surface area contributed by atoms with Crippen molar-refractivity contribution in [3.8, 4) is 11.1 Å². The molecule has 26 heavy (non-hydrogen) atoms. The van der Waals surface area contributed by atoms with Gasteiger partial charge in [0, 0.05) is 9.79 Å². The summed E-state index contributed by atoms with van der Waals surface area (Å²) in [5, 5.41) is 0. The highest BCUT2D eigenvalue weighted by atomic mass is 32.2. The normalized spacial score (nSPS) is 12.5. The zero-order valence-corrected chi connectivity index (χ0v) is 15.5. The van der Waals surface area contributed by atoms with E-state index in [1.807, 2.05) is 19.9 Å². The van der Waals surface area contributed by atoms with Crippen LogP contribution in [-0.2, 0) is 12.8 Å². The summed E-state index contributed by atoms with van der Waals surface area (Å²) in [7, 11) is 0. The molecule has 0 aromatic heterocycles. The van der Waals surface area contributed by atoms with Gasteiger partial charge >= 0.3 is 11.0 Å². The van der Waals surface area contributed by atoms with Crippen molar-refractivity contribution >= 4 is 23.5 Å². The molecule has 8 heteroatoms. The van der Waals surface area contributed by atoms with Crippen molar-refractivity contribution < 1.29 is 26.3 Å². The van der Waals surface area contributed by atoms with E-state index in [2.05, 4.69) is 6.07 Å². The average molecular weight is 409 g/mol. The minimum absolute atomic E-state index is 0.136. The molecule has 2 rings (SSSR count). The molecule has 0 saturated carbocycles. The van der Waals surface area contributed by atoms with Crippen molar-refractivity contribution in [1.29, 1.82) is 0 Å². The largest absolute Gasteiger partial charge is 0.446 e. The monoisotopic (exact) mass is 409 g/mol. The average Bonchev–Trinajstić information content (AvgIpc) is 2.53. The smallest absolute Gasteiger partial charge is 0.160 e. The van der Waals surface area contributed by atoms with Crippen molar-refractivity contribution in [1.82, 2.24) is 0 Å². The Bertz CT molecular complexity index is 765. The molecule has 0 N–H and O–H groups in total. The molecule has 0 amide bonds. The van der Waals surface area contributed by atoms with Crippen LogP contribution in [0.2, 0.25) is 0 Å². The molecular weight excluding hydrogens is 394 g/mol. The van der Waals surface area contributed by atoms with Gasteiger partial charge in [0.1, 0.15) is 0 Å². The number of hydrogen-bond acceptors (Lipinski definition) is 2. The van der Waals surface area contributed by atoms with Gasteiger partial charge in [-0.25, -0.2) is 0 Å². The van der Waals surface area contributed by atoms with E-state index in [9.17, 15) is 26.3 Å². The molecule has 0 aliphatic rings. The van der Waals surface area contributed by atoms with Crippen molar-refractivity contribution in [3.63, 3.8) is 0 Å². The lowest BCUT2D eigenvalue weighted by atomic mass is 9.95. The number of rotatable bonds is 5. The van der Waals surface area contributed by atoms with Crippen LogP contribution in [-0.4, -0.2) is 11.0 Å². The summed E-state index contributed by atoms with van der Waals surface area (Å²) in [5.74, 6) is 0. The Hall–Kier alpha value is -1.28. The number of aryl methyl sites for hydroxylation is 2. The van der Waals surface area contributed by atoms with Crippen molar-refractivity contribution in [3.05, 3.63) is 47.5 Å². The molecule has 0 atom stereocenters. The fraction of sp³-hybridized carbons (Fsp3) is 0.333. The molecule has 2 aromatic carbocycles. The molecule has 2 aromatic rings. The Labute approximate surface area is 156 Å². The summed E-state index contributed by atoms with van der Waals surface area (Å²) in [4.78, 5) is -1.04. The summed E-state index contributed by atoms with van der Waals surface area (Å²) in [6, 6.07) is 10.3. The van der Waals surface area contributed by atoms with Gasteiger partial charge in [0.05, 0.1) is 0 Å². The van der Waals surface area contributed by atoms with Crippen LogP contribution in [0.4, 0.5) is 26.3 Å². The number of hydrogen-bond donors (Lipinski definition) is 0. The van der Waals surface area contributed by atoms with Gasteiger partial charge in [0.15, 0.2) is 0 Å². The minimum atomic E-state index is -4.71. The first kappa shape index (κ1) is 21.0. The summed E-state index contributed by atoms with van der Waals surface area (Å²) >= 11 is -1.11. The van der Waals surface area contributed by atoms with Crippen LogP contribution < -0.4 is 0 Å². The first-order chi connectivity index (χ1) is 12.0. The van der Waals surface area contributed by atoms with Crippen molar-refractivity contribution in [2.24, 2.45) is 0 Å². The Morgan fingerprint density at radius 2 is 1.50 bits per heavy atom. The first-order valence-corrected chi connectivity index (χ1v) is 9.35. The quantitative estimate of drug-likeness (QED) is 0.370. The molecule has 0 aliphatic carbocycles. The predicted molar refractivity (Wildman–Crippen MR) is 93.3 cm³/mol. The zero-order chi connectivity index (χ0) is 19.5. The fourth-order valence-electron chi connectivity index (χ4n) is 2.51. The predicted octanol–water partition coefficient (Wildman–Crippen LogP) is 7.50. The molecule has 0 bridgehead atoms. The molecular formula is C18H15F6S2. The molecule has 0 unspecified atom stereocenters. The molecule has 0 fully saturated rings. The number of thioether (sulfide) groups is 2. The molecule has 0 heterocycles. The Balaban J connectivity index is 2.66. The summed E-state index contributed by atoms with van der Waals surface area (Å²) in [6.07, 6.45) is 1.31. The van der Waals surface area contributed by atoms with E-state index in [1.165, 1.54) is 12.1 Å². The van der Waals surface area contributed by atoms with E-state index in [-0.39, 0.29) is 5.56 Å². The molecule has 0 nitrogen and oxygen atoms in total. The summed E-state index contributed by atoms with van der Waals surface area (Å²) < 4.78 is 77.4. The van der Waals surface area contributed by atoms with E-state index in [0.717, 1.165) is 17.5 Å². The van der Waals surface area contributed by atoms with E-state index in [1.54, 1.807) is 12.1 Å². The summed E-state index contributed by atoms with van der Waals surface area (Å²) in [5.41, 5.74) is -6.95. The maximum atomic E-state index is 13.0. The summed E-state index contributed by atoms with van der Waals surface area (Å²) in [6.45, 7) is 3.81. The Morgan fingerprint density at radius 1 is 0.846 bits per heavy atom. The lowest BCUT2D eigenvalue weighted by Crippen LogP contribution is -2.05. The molecule has 0 spiro atoms. The highest BCUT2D eigenvalue weighted by Crippen LogP contribution is 2.49. The molecule has 0 saturated heterocycles. The van der Waals surface area contributed by atoms with Gasteiger partial charge < -0.3 is 0 Å². The second kappa shape index (κ2) is 8.17. The van der Waals surface area contributed by atoms with Crippen LogP contribution in [0, 0.1) is 6.07 Å². The van der Waals surface area contributed by atoms with Crippen LogP contribution in [0.5, 0.6) is 0 Å². The number of benzene rings is 2. The third-order valence-electron chi connectivity index (χ3n) is 3.60. The van der Waals surface area contributed by atoms with Crippen LogP contribution >= 0.6 is 23.5 Å². The maximum absolute atomic E-state index is 13.0. The van der Waals surface area contributed by atoms with Gasteiger partial charge in [-0.3, -0.25) is 0 Å². The lowest BCUT2D eigenvalue weighted by Gasteiger charge is -2.18. The standard InChI is InChI=1S/C18H15F6S2/c1-3-11-8-9-13(12(4-2)10-11)14-6-5-7-15(25-17(19,20)21)16(14)26-18(22,23)24/h5-6,8-10H,3-4H2,1-2H3. The van der Waals surface area contributed by atoms with Gasteiger partial charge in [0.25, 0.3) is 0 Å². The second-order valence-corrected chi connectivity index (χ2v) is 7.49. The number of halogens is 6. The minimum Gasteiger partial charge on any atom is -0.160 e. The Morgan fingerprint density at radius 3 is 2.04 bits per heavy atom. The topological polar surface area (TPSA) is 0 Å². The first-order valence-electron chi connectivity index (χ1n) is 7.72. The van der Waals surface area contributed by atoms with Crippen LogP contribution in [0.25, 0.3) is 11.1 Å². The van der Waals surface area contributed by atoms with E-state index in [4.69, 9.17) is 0 Å². The second-order valence-electron chi connectivity index (χ2n) is 5.34. The van der Waals surface area contributed by atoms with E-state index >= 15 is 0 Å². The van der Waals surface area contributed by atoms with E-state index in [0.29, 0.717) is 12.0 Å². The van der Waals surface area contributed by atoms with Gasteiger partial charge in [0.2, 0.25) is 0 Å². The molecule has 141 valence electrons. The third-order valence-corrected chi connectivity index (χ3v) is 5.35. The van der Waals surface area contributed by atoms with Crippen LogP contribution in [0.15, 0.2) is 40.1 Å². The van der Waals surface area contributed by atoms with Crippen molar-refractivity contribution in [2.75, 3.05) is 0 Å². The van der Waals surface area contributed by atoms with Gasteiger partial charge in [-0.05, 0) is 64.7 Å². The van der Waals surface area contributed by atoms with Gasteiger partial charge in [-0.15, -0.1) is 0 Å². The Kier molecular flexibility index (Phi) is 6.60. The fourth-order valence-corrected chi connectivity index (χ4v) is 3.99. The zero-order valence-electron chi connectivity index (χ0n) is 13.9. The third kappa shape index (κ3) is 5.61. The molecule has 0 aliphatic heterocycles. The van der Waals surface area contributed by atoms with E-state index < -0.39 is 44.3 Å². The highest BCUT2D eigenvalue weighted by Gasteiger charge is 2.36. The SMILES string of the molecule is CCc1ccc(-c2cc[c]c(SC(F)(F)F)c2SC(F)(F)F)c(CC)c1. The molecule has 1 radical (unpaired) electrons. The van der Waals surface area contributed by atoms with Gasteiger partial charge in [-0.2, -0.15) is 26.3 Å². The van der Waals surface area contributed by atoms with Crippen LogP contribution in [0.3, 0.4) is 0 Å².